The summed E-state index contributed by atoms with van der Waals surface area (Å²) in [6.45, 7) is 0. The predicted octanol–water partition coefficient (Wildman–Crippen LogP) is 0.706. The van der Waals surface area contributed by atoms with Crippen LogP contribution in [0.3, 0.4) is 0 Å². The topological polar surface area (TPSA) is 63.3 Å². The van der Waals surface area contributed by atoms with Crippen LogP contribution in [0.15, 0.2) is 23.8 Å². The highest BCUT2D eigenvalue weighted by Gasteiger charge is 2.08. The molecule has 3 nitrogen and oxygen atoms in total. The highest BCUT2D eigenvalue weighted by Crippen LogP contribution is 2.08. The Morgan fingerprint density at radius 3 is 2.73 bits per heavy atom. The number of carboxylic acids is 1. The standard InChI is InChI=1S/C7H9NO2.ClH/c8-6-3-1-2-5(4-6)7(9)10;/h1-2,4,6H,3,8H2,(H,9,10);1H. The summed E-state index contributed by atoms with van der Waals surface area (Å²) in [4.78, 5) is 10.3. The minimum Gasteiger partial charge on any atom is -0.478 e. The van der Waals surface area contributed by atoms with Gasteiger partial charge in [-0.2, -0.15) is 0 Å². The van der Waals surface area contributed by atoms with Crippen LogP contribution in [0.1, 0.15) is 6.42 Å². The molecular formula is C7H10ClNO2. The lowest BCUT2D eigenvalue weighted by Crippen LogP contribution is -2.19. The van der Waals surface area contributed by atoms with E-state index >= 15 is 0 Å². The monoisotopic (exact) mass is 175 g/mol. The third-order valence-electron chi connectivity index (χ3n) is 1.35. The Bertz CT molecular complexity index is 210. The molecule has 62 valence electrons. The Hall–Kier alpha value is -0.800. The molecule has 0 saturated carbocycles. The van der Waals surface area contributed by atoms with E-state index in [1.54, 1.807) is 18.2 Å². The summed E-state index contributed by atoms with van der Waals surface area (Å²) >= 11 is 0. The zero-order valence-electron chi connectivity index (χ0n) is 5.86. The van der Waals surface area contributed by atoms with Crippen LogP contribution in [-0.4, -0.2) is 17.1 Å². The summed E-state index contributed by atoms with van der Waals surface area (Å²) in [5, 5.41) is 8.48. The summed E-state index contributed by atoms with van der Waals surface area (Å²) in [5.41, 5.74) is 5.76. The maximum Gasteiger partial charge on any atom is 0.335 e. The van der Waals surface area contributed by atoms with E-state index in [4.69, 9.17) is 10.8 Å². The first-order valence-corrected chi connectivity index (χ1v) is 3.07. The normalized spacial score (nSPS) is 21.9. The van der Waals surface area contributed by atoms with Gasteiger partial charge in [-0.15, -0.1) is 12.4 Å². The van der Waals surface area contributed by atoms with Gasteiger partial charge in [0.2, 0.25) is 0 Å². The lowest BCUT2D eigenvalue weighted by atomic mass is 10.0. The van der Waals surface area contributed by atoms with E-state index < -0.39 is 5.97 Å². The van der Waals surface area contributed by atoms with E-state index in [1.165, 1.54) is 0 Å². The molecule has 4 heteroatoms. The third-order valence-corrected chi connectivity index (χ3v) is 1.35. The SMILES string of the molecule is Cl.NC1C=C(C(=O)O)C=CC1. The average molecular weight is 176 g/mol. The molecule has 1 aliphatic rings. The fourth-order valence-corrected chi connectivity index (χ4v) is 0.849. The Kier molecular flexibility index (Phi) is 3.85. The molecule has 0 amide bonds. The van der Waals surface area contributed by atoms with Gasteiger partial charge < -0.3 is 10.8 Å². The van der Waals surface area contributed by atoms with Crippen LogP contribution in [0.2, 0.25) is 0 Å². The van der Waals surface area contributed by atoms with Crippen molar-refractivity contribution in [3.63, 3.8) is 0 Å². The highest BCUT2D eigenvalue weighted by molar-refractivity contribution is 5.90. The number of nitrogens with two attached hydrogens (primary N) is 1. The molecule has 0 aromatic carbocycles. The van der Waals surface area contributed by atoms with E-state index in [-0.39, 0.29) is 18.4 Å². The molecule has 1 atom stereocenters. The Balaban J connectivity index is 0.000001000. The van der Waals surface area contributed by atoms with Crippen LogP contribution in [0, 0.1) is 0 Å². The molecule has 0 bridgehead atoms. The Labute approximate surface area is 71.0 Å². The smallest absolute Gasteiger partial charge is 0.335 e. The summed E-state index contributed by atoms with van der Waals surface area (Å²) < 4.78 is 0. The van der Waals surface area contributed by atoms with Crippen molar-refractivity contribution in [2.45, 2.75) is 12.5 Å². The molecule has 0 fully saturated rings. The number of rotatable bonds is 1. The molecule has 1 rings (SSSR count). The minimum absolute atomic E-state index is 0. The number of hydrogen-bond acceptors (Lipinski definition) is 2. The molecule has 0 aromatic heterocycles. The van der Waals surface area contributed by atoms with Crippen LogP contribution in [-0.2, 0) is 4.79 Å². The number of carboxylic acid groups (broad SMARTS) is 1. The fourth-order valence-electron chi connectivity index (χ4n) is 0.849. The van der Waals surface area contributed by atoms with E-state index in [2.05, 4.69) is 0 Å². The Morgan fingerprint density at radius 2 is 2.36 bits per heavy atom. The van der Waals surface area contributed by atoms with Gasteiger partial charge >= 0.3 is 5.97 Å². The van der Waals surface area contributed by atoms with Gasteiger partial charge in [-0.3, -0.25) is 0 Å². The first-order valence-electron chi connectivity index (χ1n) is 3.07. The second-order valence-corrected chi connectivity index (χ2v) is 2.23. The summed E-state index contributed by atoms with van der Waals surface area (Å²) in [6.07, 6.45) is 5.64. The molecule has 0 radical (unpaired) electrons. The van der Waals surface area contributed by atoms with Crippen molar-refractivity contribution >= 4 is 18.4 Å². The maximum absolute atomic E-state index is 10.3. The van der Waals surface area contributed by atoms with Gasteiger partial charge in [-0.1, -0.05) is 18.2 Å². The van der Waals surface area contributed by atoms with Crippen LogP contribution in [0.5, 0.6) is 0 Å². The number of hydrogen-bond donors (Lipinski definition) is 2. The van der Waals surface area contributed by atoms with Gasteiger partial charge in [0, 0.05) is 6.04 Å². The third kappa shape index (κ3) is 2.74. The molecule has 3 N–H and O–H groups in total. The van der Waals surface area contributed by atoms with Crippen LogP contribution < -0.4 is 5.73 Å². The molecule has 1 unspecified atom stereocenters. The van der Waals surface area contributed by atoms with Crippen molar-refractivity contribution in [1.82, 2.24) is 0 Å². The Morgan fingerprint density at radius 1 is 1.73 bits per heavy atom. The molecule has 0 saturated heterocycles. The lowest BCUT2D eigenvalue weighted by molar-refractivity contribution is -0.132. The molecule has 11 heavy (non-hydrogen) atoms. The summed E-state index contributed by atoms with van der Waals surface area (Å²) in [7, 11) is 0. The van der Waals surface area contributed by atoms with Gasteiger partial charge in [0.25, 0.3) is 0 Å². The molecular weight excluding hydrogens is 166 g/mol. The quantitative estimate of drug-likeness (QED) is 0.617. The van der Waals surface area contributed by atoms with Crippen molar-refractivity contribution in [1.29, 1.82) is 0 Å². The second kappa shape index (κ2) is 4.16. The average Bonchev–Trinajstić information content (AvgIpc) is 1.88. The zero-order valence-corrected chi connectivity index (χ0v) is 6.67. The van der Waals surface area contributed by atoms with Crippen molar-refractivity contribution in [2.75, 3.05) is 0 Å². The molecule has 0 heterocycles. The second-order valence-electron chi connectivity index (χ2n) is 2.23. The van der Waals surface area contributed by atoms with E-state index in [1.807, 2.05) is 0 Å². The van der Waals surface area contributed by atoms with Crippen LogP contribution in [0.25, 0.3) is 0 Å². The van der Waals surface area contributed by atoms with Gasteiger partial charge in [-0.05, 0) is 6.42 Å². The minimum atomic E-state index is -0.911. The predicted molar refractivity (Wildman–Crippen MR) is 44.7 cm³/mol. The van der Waals surface area contributed by atoms with Gasteiger partial charge in [0.05, 0.1) is 5.57 Å². The van der Waals surface area contributed by atoms with Gasteiger partial charge in [-0.25, -0.2) is 4.79 Å². The first-order chi connectivity index (χ1) is 4.70. The highest BCUT2D eigenvalue weighted by atomic mass is 35.5. The van der Waals surface area contributed by atoms with Crippen LogP contribution in [0.4, 0.5) is 0 Å². The zero-order chi connectivity index (χ0) is 7.56. The van der Waals surface area contributed by atoms with E-state index in [0.717, 1.165) is 6.42 Å². The van der Waals surface area contributed by atoms with Crippen molar-refractivity contribution < 1.29 is 9.90 Å². The molecule has 1 aliphatic carbocycles. The summed E-state index contributed by atoms with van der Waals surface area (Å²) in [5.74, 6) is -0.911. The van der Waals surface area contributed by atoms with E-state index in [9.17, 15) is 4.79 Å². The van der Waals surface area contributed by atoms with Gasteiger partial charge in [0.15, 0.2) is 0 Å². The number of halogens is 1. The first kappa shape index (κ1) is 10.2. The molecule has 0 aliphatic heterocycles. The molecule has 0 aromatic rings. The number of carbonyl (C=O) groups is 1. The van der Waals surface area contributed by atoms with Crippen molar-refractivity contribution in [3.8, 4) is 0 Å². The fraction of sp³-hybridized carbons (Fsp3) is 0.286. The summed E-state index contributed by atoms with van der Waals surface area (Å²) in [6, 6.07) is -0.129. The maximum atomic E-state index is 10.3. The largest absolute Gasteiger partial charge is 0.478 e. The molecule has 0 spiro atoms. The lowest BCUT2D eigenvalue weighted by Gasteiger charge is -2.08. The van der Waals surface area contributed by atoms with Gasteiger partial charge in [0.1, 0.15) is 0 Å². The van der Waals surface area contributed by atoms with Crippen molar-refractivity contribution in [3.05, 3.63) is 23.8 Å². The number of aliphatic carboxylic acids is 1. The van der Waals surface area contributed by atoms with E-state index in [0.29, 0.717) is 5.57 Å². The van der Waals surface area contributed by atoms with Crippen molar-refractivity contribution in [2.24, 2.45) is 5.73 Å². The van der Waals surface area contributed by atoms with Crippen LogP contribution >= 0.6 is 12.4 Å².